The number of hydrogen-bond donors (Lipinski definition) is 1. The summed E-state index contributed by atoms with van der Waals surface area (Å²) in [6, 6.07) is 12.7. The summed E-state index contributed by atoms with van der Waals surface area (Å²) in [4.78, 5) is 1.07. The Morgan fingerprint density at radius 1 is 1.20 bits per heavy atom. The van der Waals surface area contributed by atoms with Gasteiger partial charge in [-0.3, -0.25) is 0 Å². The normalized spacial score (nSPS) is 12.4. The average molecular weight is 376 g/mol. The number of thioether (sulfide) groups is 1. The fraction of sp³-hybridized carbons (Fsp3) is 0.200. The van der Waals surface area contributed by atoms with Crippen LogP contribution in [0.15, 0.2) is 51.8 Å². The topological polar surface area (TPSA) is 20.2 Å². The summed E-state index contributed by atoms with van der Waals surface area (Å²) in [5, 5.41) is 10.1. The van der Waals surface area contributed by atoms with Crippen LogP contribution >= 0.6 is 39.3 Å². The summed E-state index contributed by atoms with van der Waals surface area (Å²) in [6.45, 7) is 0. The van der Waals surface area contributed by atoms with Gasteiger partial charge in [0.15, 0.2) is 0 Å². The van der Waals surface area contributed by atoms with Crippen LogP contribution in [0.25, 0.3) is 0 Å². The fourth-order valence-electron chi connectivity index (χ4n) is 1.74. The lowest BCUT2D eigenvalue weighted by Crippen LogP contribution is -2.14. The predicted molar refractivity (Wildman–Crippen MR) is 86.0 cm³/mol. The lowest BCUT2D eigenvalue weighted by atomic mass is 10.1. The Morgan fingerprint density at radius 2 is 1.90 bits per heavy atom. The molecule has 2 aromatic carbocycles. The van der Waals surface area contributed by atoms with Crippen LogP contribution in [0, 0.1) is 5.82 Å². The molecular weight excluding hydrogens is 363 g/mol. The van der Waals surface area contributed by atoms with Gasteiger partial charge in [0, 0.05) is 21.5 Å². The first-order valence-corrected chi connectivity index (χ1v) is 8.21. The van der Waals surface area contributed by atoms with Crippen LogP contribution in [0.2, 0.25) is 5.02 Å². The molecule has 0 aliphatic carbocycles. The SMILES string of the molecule is OC(CSc1ccc(Br)cc1)Cc1cccc(Cl)c1F. The van der Waals surface area contributed by atoms with Crippen molar-refractivity contribution >= 4 is 39.3 Å². The van der Waals surface area contributed by atoms with E-state index in [1.807, 2.05) is 24.3 Å². The van der Waals surface area contributed by atoms with Crippen LogP contribution in [0.4, 0.5) is 4.39 Å². The van der Waals surface area contributed by atoms with Gasteiger partial charge in [0.05, 0.1) is 11.1 Å². The Hall–Kier alpha value is -0.550. The summed E-state index contributed by atoms with van der Waals surface area (Å²) in [5.41, 5.74) is 0.446. The Balaban J connectivity index is 1.91. The van der Waals surface area contributed by atoms with E-state index in [4.69, 9.17) is 11.6 Å². The first kappa shape index (κ1) is 15.8. The number of halogens is 3. The van der Waals surface area contributed by atoms with Crippen molar-refractivity contribution in [2.45, 2.75) is 17.4 Å². The van der Waals surface area contributed by atoms with Gasteiger partial charge >= 0.3 is 0 Å². The summed E-state index contributed by atoms with van der Waals surface area (Å²) in [7, 11) is 0. The highest BCUT2D eigenvalue weighted by molar-refractivity contribution is 9.10. The van der Waals surface area contributed by atoms with Gasteiger partial charge in [-0.2, -0.15) is 0 Å². The molecule has 1 atom stereocenters. The van der Waals surface area contributed by atoms with Crippen molar-refractivity contribution in [1.29, 1.82) is 0 Å². The molecule has 20 heavy (non-hydrogen) atoms. The first-order valence-electron chi connectivity index (χ1n) is 6.05. The zero-order chi connectivity index (χ0) is 14.5. The van der Waals surface area contributed by atoms with E-state index < -0.39 is 11.9 Å². The quantitative estimate of drug-likeness (QED) is 0.747. The van der Waals surface area contributed by atoms with Crippen molar-refractivity contribution in [3.63, 3.8) is 0 Å². The molecule has 1 unspecified atom stereocenters. The van der Waals surface area contributed by atoms with E-state index in [9.17, 15) is 9.50 Å². The van der Waals surface area contributed by atoms with Crippen LogP contribution in [-0.4, -0.2) is 17.0 Å². The van der Waals surface area contributed by atoms with Gasteiger partial charge in [0.25, 0.3) is 0 Å². The highest BCUT2D eigenvalue weighted by Gasteiger charge is 2.12. The molecule has 1 nitrogen and oxygen atoms in total. The molecule has 0 aromatic heterocycles. The standard InChI is InChI=1S/C15H13BrClFOS/c16-11-4-6-13(7-5-11)20-9-12(19)8-10-2-1-3-14(17)15(10)18/h1-7,12,19H,8-9H2. The summed E-state index contributed by atoms with van der Waals surface area (Å²) < 4.78 is 14.7. The number of aliphatic hydroxyl groups excluding tert-OH is 1. The first-order chi connectivity index (χ1) is 9.56. The predicted octanol–water partition coefficient (Wildman–Crippen LogP) is 4.94. The molecule has 0 saturated heterocycles. The molecule has 2 aromatic rings. The van der Waals surface area contributed by atoms with Crippen LogP contribution < -0.4 is 0 Å². The van der Waals surface area contributed by atoms with E-state index >= 15 is 0 Å². The molecule has 0 fully saturated rings. The zero-order valence-electron chi connectivity index (χ0n) is 10.5. The molecule has 0 heterocycles. The smallest absolute Gasteiger partial charge is 0.145 e. The van der Waals surface area contributed by atoms with Crippen LogP contribution in [-0.2, 0) is 6.42 Å². The van der Waals surface area contributed by atoms with Crippen molar-refractivity contribution < 1.29 is 9.50 Å². The Labute approximate surface area is 135 Å². The molecule has 2 rings (SSSR count). The second-order valence-electron chi connectivity index (χ2n) is 4.34. The third-order valence-electron chi connectivity index (χ3n) is 2.74. The fourth-order valence-corrected chi connectivity index (χ4v) is 3.03. The monoisotopic (exact) mass is 374 g/mol. The van der Waals surface area contributed by atoms with Crippen LogP contribution in [0.3, 0.4) is 0 Å². The lowest BCUT2D eigenvalue weighted by molar-refractivity contribution is 0.199. The van der Waals surface area contributed by atoms with Gasteiger partial charge in [0.1, 0.15) is 5.82 Å². The van der Waals surface area contributed by atoms with E-state index in [1.165, 1.54) is 6.07 Å². The molecule has 106 valence electrons. The molecule has 0 saturated carbocycles. The van der Waals surface area contributed by atoms with Crippen molar-refractivity contribution in [3.8, 4) is 0 Å². The molecule has 0 amide bonds. The lowest BCUT2D eigenvalue weighted by Gasteiger charge is -2.11. The third-order valence-corrected chi connectivity index (χ3v) is 4.72. The van der Waals surface area contributed by atoms with Gasteiger partial charge in [-0.1, -0.05) is 39.7 Å². The zero-order valence-corrected chi connectivity index (χ0v) is 13.7. The van der Waals surface area contributed by atoms with Gasteiger partial charge in [-0.25, -0.2) is 4.39 Å². The van der Waals surface area contributed by atoms with Gasteiger partial charge < -0.3 is 5.11 Å². The van der Waals surface area contributed by atoms with Crippen molar-refractivity contribution in [1.82, 2.24) is 0 Å². The van der Waals surface area contributed by atoms with Gasteiger partial charge in [0.2, 0.25) is 0 Å². The Bertz CT molecular complexity index is 577. The molecule has 0 spiro atoms. The van der Waals surface area contributed by atoms with Gasteiger partial charge in [-0.15, -0.1) is 11.8 Å². The van der Waals surface area contributed by atoms with E-state index in [1.54, 1.807) is 23.9 Å². The number of aliphatic hydroxyl groups is 1. The van der Waals surface area contributed by atoms with E-state index in [2.05, 4.69) is 15.9 Å². The summed E-state index contributed by atoms with van der Waals surface area (Å²) in [6.07, 6.45) is -0.354. The van der Waals surface area contributed by atoms with E-state index in [0.29, 0.717) is 11.3 Å². The largest absolute Gasteiger partial charge is 0.392 e. The maximum atomic E-state index is 13.7. The highest BCUT2D eigenvalue weighted by Crippen LogP contribution is 2.23. The average Bonchev–Trinajstić information content (AvgIpc) is 2.43. The van der Waals surface area contributed by atoms with E-state index in [0.717, 1.165) is 9.37 Å². The second-order valence-corrected chi connectivity index (χ2v) is 6.75. The Morgan fingerprint density at radius 3 is 2.60 bits per heavy atom. The van der Waals surface area contributed by atoms with Crippen molar-refractivity contribution in [2.24, 2.45) is 0 Å². The molecule has 0 aliphatic heterocycles. The number of benzene rings is 2. The third kappa shape index (κ3) is 4.48. The van der Waals surface area contributed by atoms with Crippen LogP contribution in [0.1, 0.15) is 5.56 Å². The minimum atomic E-state index is -0.614. The van der Waals surface area contributed by atoms with E-state index in [-0.39, 0.29) is 11.4 Å². The maximum absolute atomic E-state index is 13.7. The highest BCUT2D eigenvalue weighted by atomic mass is 79.9. The molecular formula is C15H13BrClFOS. The molecule has 0 aliphatic rings. The number of hydrogen-bond acceptors (Lipinski definition) is 2. The molecule has 0 radical (unpaired) electrons. The molecule has 0 bridgehead atoms. The van der Waals surface area contributed by atoms with Crippen molar-refractivity contribution in [2.75, 3.05) is 5.75 Å². The second kappa shape index (κ2) is 7.46. The van der Waals surface area contributed by atoms with Crippen molar-refractivity contribution in [3.05, 3.63) is 63.3 Å². The maximum Gasteiger partial charge on any atom is 0.145 e. The summed E-state index contributed by atoms with van der Waals surface area (Å²) >= 11 is 10.6. The minimum Gasteiger partial charge on any atom is -0.392 e. The van der Waals surface area contributed by atoms with Crippen LogP contribution in [0.5, 0.6) is 0 Å². The minimum absolute atomic E-state index is 0.0928. The number of rotatable bonds is 5. The molecule has 1 N–H and O–H groups in total. The van der Waals surface area contributed by atoms with Gasteiger partial charge in [-0.05, 0) is 35.9 Å². The summed E-state index contributed by atoms with van der Waals surface area (Å²) in [5.74, 6) is 0.0648. The molecule has 5 heteroatoms. The Kier molecular flexibility index (Phi) is 5.90.